The van der Waals surface area contributed by atoms with Gasteiger partial charge in [-0.15, -0.1) is 11.3 Å². The van der Waals surface area contributed by atoms with Gasteiger partial charge in [-0.05, 0) is 38.8 Å². The third-order valence-corrected chi connectivity index (χ3v) is 5.39. The summed E-state index contributed by atoms with van der Waals surface area (Å²) in [6, 6.07) is 4.11. The van der Waals surface area contributed by atoms with E-state index in [2.05, 4.69) is 21.7 Å². The van der Waals surface area contributed by atoms with E-state index in [0.717, 1.165) is 35.1 Å². The third kappa shape index (κ3) is 3.36. The van der Waals surface area contributed by atoms with Gasteiger partial charge in [-0.3, -0.25) is 14.2 Å². The zero-order chi connectivity index (χ0) is 17.3. The van der Waals surface area contributed by atoms with E-state index in [1.54, 1.807) is 4.90 Å². The van der Waals surface area contributed by atoms with Crippen LogP contribution in [-0.2, 0) is 16.0 Å². The molecule has 1 aliphatic rings. The average Bonchev–Trinajstić information content (AvgIpc) is 3.13. The number of hydrogen-bond donors (Lipinski definition) is 1. The molecule has 1 saturated heterocycles. The fourth-order valence-electron chi connectivity index (χ4n) is 3.15. The van der Waals surface area contributed by atoms with Crippen LogP contribution in [-0.4, -0.2) is 39.4 Å². The summed E-state index contributed by atoms with van der Waals surface area (Å²) in [5, 5.41) is 2.81. The zero-order valence-corrected chi connectivity index (χ0v) is 14.8. The summed E-state index contributed by atoms with van der Waals surface area (Å²) in [6.07, 6.45) is 1.86. The maximum absolute atomic E-state index is 12.5. The van der Waals surface area contributed by atoms with Gasteiger partial charge in [0.1, 0.15) is 0 Å². The highest BCUT2D eigenvalue weighted by Gasteiger charge is 2.27. The average molecular weight is 346 g/mol. The number of amides is 2. The van der Waals surface area contributed by atoms with Crippen LogP contribution < -0.4 is 5.73 Å². The van der Waals surface area contributed by atoms with Crippen molar-refractivity contribution in [1.29, 1.82) is 0 Å². The predicted octanol–water partition coefficient (Wildman–Crippen LogP) is 1.82. The molecule has 0 radical (unpaired) electrons. The highest BCUT2D eigenvalue weighted by molar-refractivity contribution is 7.12. The molecule has 0 spiro atoms. The van der Waals surface area contributed by atoms with Crippen LogP contribution in [0.2, 0.25) is 0 Å². The molecule has 0 aromatic carbocycles. The topological polar surface area (TPSA) is 81.2 Å². The molecule has 1 atom stereocenters. The molecule has 2 amide bonds. The monoisotopic (exact) mass is 346 g/mol. The van der Waals surface area contributed by atoms with Gasteiger partial charge in [0.05, 0.1) is 18.0 Å². The van der Waals surface area contributed by atoms with Crippen LogP contribution in [0.4, 0.5) is 0 Å². The van der Waals surface area contributed by atoms with E-state index in [4.69, 9.17) is 5.73 Å². The first kappa shape index (κ1) is 16.7. The first-order chi connectivity index (χ1) is 11.5. The van der Waals surface area contributed by atoms with Crippen LogP contribution >= 0.6 is 11.3 Å². The van der Waals surface area contributed by atoms with Crippen molar-refractivity contribution >= 4 is 23.2 Å². The lowest BCUT2D eigenvalue weighted by Crippen LogP contribution is -2.44. The second-order valence-electron chi connectivity index (χ2n) is 6.33. The van der Waals surface area contributed by atoms with E-state index in [1.807, 2.05) is 19.2 Å². The molecule has 7 heteroatoms. The summed E-state index contributed by atoms with van der Waals surface area (Å²) < 4.78 is 2.09. The standard InChI is InChI=1S/C17H22N4O2S/c1-11-5-6-12(2)21(11)17-19-14(10-24-17)8-15(22)20-7-3-4-13(9-20)16(18)23/h5-6,10,13H,3-4,7-9H2,1-2H3,(H2,18,23). The first-order valence-electron chi connectivity index (χ1n) is 8.12. The Kier molecular flexibility index (Phi) is 4.71. The lowest BCUT2D eigenvalue weighted by molar-refractivity contribution is -0.134. The number of hydrogen-bond acceptors (Lipinski definition) is 4. The summed E-state index contributed by atoms with van der Waals surface area (Å²) in [4.78, 5) is 30.2. The van der Waals surface area contributed by atoms with Crippen LogP contribution in [0.5, 0.6) is 0 Å². The molecule has 24 heavy (non-hydrogen) atoms. The molecule has 2 aromatic rings. The second kappa shape index (κ2) is 6.76. The molecule has 2 N–H and O–H groups in total. The summed E-state index contributed by atoms with van der Waals surface area (Å²) in [7, 11) is 0. The van der Waals surface area contributed by atoms with Gasteiger partial charge in [-0.1, -0.05) is 0 Å². The van der Waals surface area contributed by atoms with E-state index in [9.17, 15) is 9.59 Å². The van der Waals surface area contributed by atoms with Gasteiger partial charge in [0.15, 0.2) is 5.13 Å². The largest absolute Gasteiger partial charge is 0.369 e. The van der Waals surface area contributed by atoms with Crippen molar-refractivity contribution in [2.75, 3.05) is 13.1 Å². The second-order valence-corrected chi connectivity index (χ2v) is 7.17. The molecule has 0 aliphatic carbocycles. The van der Waals surface area contributed by atoms with Crippen molar-refractivity contribution < 1.29 is 9.59 Å². The number of thiazole rings is 1. The number of aromatic nitrogens is 2. The minimum Gasteiger partial charge on any atom is -0.369 e. The van der Waals surface area contributed by atoms with E-state index in [0.29, 0.717) is 13.1 Å². The Morgan fingerprint density at radius 1 is 1.33 bits per heavy atom. The maximum atomic E-state index is 12.5. The van der Waals surface area contributed by atoms with E-state index >= 15 is 0 Å². The molecule has 3 heterocycles. The van der Waals surface area contributed by atoms with Crippen LogP contribution in [0.25, 0.3) is 5.13 Å². The normalized spacial score (nSPS) is 17.9. The number of nitrogens with two attached hydrogens (primary N) is 1. The minimum atomic E-state index is -0.318. The quantitative estimate of drug-likeness (QED) is 0.917. The molecule has 0 saturated carbocycles. The number of nitrogens with zero attached hydrogens (tertiary/aromatic N) is 3. The van der Waals surface area contributed by atoms with Gasteiger partial charge in [-0.2, -0.15) is 0 Å². The van der Waals surface area contributed by atoms with E-state index in [-0.39, 0.29) is 24.2 Å². The molecular formula is C17H22N4O2S. The highest BCUT2D eigenvalue weighted by Crippen LogP contribution is 2.22. The summed E-state index contributed by atoms with van der Waals surface area (Å²) in [5.74, 6) is -0.528. The summed E-state index contributed by atoms with van der Waals surface area (Å²) in [5.41, 5.74) is 8.40. The fraction of sp³-hybridized carbons (Fsp3) is 0.471. The van der Waals surface area contributed by atoms with Crippen LogP contribution in [0.15, 0.2) is 17.5 Å². The van der Waals surface area contributed by atoms with Gasteiger partial charge < -0.3 is 10.6 Å². The molecule has 128 valence electrons. The lowest BCUT2D eigenvalue weighted by Gasteiger charge is -2.31. The first-order valence-corrected chi connectivity index (χ1v) is 9.00. The van der Waals surface area contributed by atoms with Crippen molar-refractivity contribution in [2.45, 2.75) is 33.1 Å². The highest BCUT2D eigenvalue weighted by atomic mass is 32.1. The Morgan fingerprint density at radius 3 is 2.71 bits per heavy atom. The molecular weight excluding hydrogens is 324 g/mol. The van der Waals surface area contributed by atoms with Gasteiger partial charge in [-0.25, -0.2) is 4.98 Å². The van der Waals surface area contributed by atoms with Crippen LogP contribution in [0, 0.1) is 19.8 Å². The summed E-state index contributed by atoms with van der Waals surface area (Å²) >= 11 is 1.54. The predicted molar refractivity (Wildman–Crippen MR) is 93.1 cm³/mol. The van der Waals surface area contributed by atoms with Gasteiger partial charge in [0.2, 0.25) is 11.8 Å². The smallest absolute Gasteiger partial charge is 0.228 e. The molecule has 2 aromatic heterocycles. The van der Waals surface area contributed by atoms with Crippen molar-refractivity contribution in [3.05, 3.63) is 34.6 Å². The number of primary amides is 1. The minimum absolute atomic E-state index is 0.0127. The van der Waals surface area contributed by atoms with Crippen LogP contribution in [0.3, 0.4) is 0 Å². The number of likely N-dealkylation sites (tertiary alicyclic amines) is 1. The Hall–Kier alpha value is -2.15. The zero-order valence-electron chi connectivity index (χ0n) is 14.0. The number of carbonyl (C=O) groups excluding carboxylic acids is 2. The molecule has 3 rings (SSSR count). The molecule has 0 bridgehead atoms. The summed E-state index contributed by atoms with van der Waals surface area (Å²) in [6.45, 7) is 5.20. The Balaban J connectivity index is 1.68. The number of piperidine rings is 1. The van der Waals surface area contributed by atoms with E-state index < -0.39 is 0 Å². The maximum Gasteiger partial charge on any atom is 0.228 e. The molecule has 1 aliphatic heterocycles. The molecule has 1 fully saturated rings. The van der Waals surface area contributed by atoms with Crippen LogP contribution in [0.1, 0.15) is 29.9 Å². The lowest BCUT2D eigenvalue weighted by atomic mass is 9.97. The SMILES string of the molecule is Cc1ccc(C)n1-c1nc(CC(=O)N2CCCC(C(N)=O)C2)cs1. The van der Waals surface area contributed by atoms with Gasteiger partial charge in [0.25, 0.3) is 0 Å². The van der Waals surface area contributed by atoms with Crippen molar-refractivity contribution in [2.24, 2.45) is 11.7 Å². The Morgan fingerprint density at radius 2 is 2.04 bits per heavy atom. The van der Waals surface area contributed by atoms with Gasteiger partial charge >= 0.3 is 0 Å². The number of carbonyl (C=O) groups is 2. The number of aryl methyl sites for hydroxylation is 2. The fourth-order valence-corrected chi connectivity index (χ4v) is 4.09. The van der Waals surface area contributed by atoms with Crippen molar-refractivity contribution in [3.63, 3.8) is 0 Å². The molecule has 1 unspecified atom stereocenters. The Labute approximate surface area is 145 Å². The Bertz CT molecular complexity index is 745. The van der Waals surface area contributed by atoms with Crippen molar-refractivity contribution in [3.8, 4) is 5.13 Å². The van der Waals surface area contributed by atoms with Gasteiger partial charge in [0, 0.05) is 29.9 Å². The van der Waals surface area contributed by atoms with E-state index in [1.165, 1.54) is 11.3 Å². The van der Waals surface area contributed by atoms with Crippen molar-refractivity contribution in [1.82, 2.24) is 14.5 Å². The molecule has 6 nitrogen and oxygen atoms in total. The third-order valence-electron chi connectivity index (χ3n) is 4.51. The number of rotatable bonds is 4.